The van der Waals surface area contributed by atoms with Crippen LogP contribution in [0.3, 0.4) is 0 Å². The lowest BCUT2D eigenvalue weighted by molar-refractivity contribution is 0.177. The summed E-state index contributed by atoms with van der Waals surface area (Å²) in [6, 6.07) is 15.8. The second kappa shape index (κ2) is 9.77. The van der Waals surface area contributed by atoms with Crippen LogP contribution in [0, 0.1) is 0 Å². The molecule has 0 bridgehead atoms. The van der Waals surface area contributed by atoms with Crippen molar-refractivity contribution in [3.8, 4) is 5.75 Å². The van der Waals surface area contributed by atoms with Crippen LogP contribution in [0.1, 0.15) is 54.7 Å². The molecule has 1 saturated heterocycles. The molecular formula is C26H30N6O2. The number of hydrogen-bond acceptors (Lipinski definition) is 6. The van der Waals surface area contributed by atoms with E-state index in [1.165, 1.54) is 12.0 Å². The number of rotatable bonds is 7. The van der Waals surface area contributed by atoms with Crippen LogP contribution in [0.15, 0.2) is 53.3 Å². The van der Waals surface area contributed by atoms with E-state index in [0.29, 0.717) is 17.9 Å². The largest absolute Gasteiger partial charge is 0.497 e. The maximum atomic E-state index is 13.3. The quantitative estimate of drug-likeness (QED) is 0.454. The van der Waals surface area contributed by atoms with E-state index in [-0.39, 0.29) is 11.6 Å². The highest BCUT2D eigenvalue weighted by Crippen LogP contribution is 2.30. The number of pyridine rings is 1. The molecule has 0 spiro atoms. The van der Waals surface area contributed by atoms with E-state index < -0.39 is 0 Å². The van der Waals surface area contributed by atoms with E-state index in [1.807, 2.05) is 41.1 Å². The summed E-state index contributed by atoms with van der Waals surface area (Å²) in [6.45, 7) is 4.47. The van der Waals surface area contributed by atoms with Crippen molar-refractivity contribution < 1.29 is 4.74 Å². The van der Waals surface area contributed by atoms with Gasteiger partial charge in [0.05, 0.1) is 13.7 Å². The molecule has 0 saturated carbocycles. The lowest BCUT2D eigenvalue weighted by atomic mass is 9.99. The number of H-pyrrole nitrogens is 1. The summed E-state index contributed by atoms with van der Waals surface area (Å²) in [5.74, 6) is 1.50. The highest BCUT2D eigenvalue weighted by molar-refractivity contribution is 5.80. The van der Waals surface area contributed by atoms with E-state index in [9.17, 15) is 4.79 Å². The van der Waals surface area contributed by atoms with Crippen molar-refractivity contribution in [2.75, 3.05) is 20.2 Å². The Morgan fingerprint density at radius 1 is 1.03 bits per heavy atom. The first-order valence-corrected chi connectivity index (χ1v) is 11.9. The van der Waals surface area contributed by atoms with Crippen LogP contribution in [0.2, 0.25) is 0 Å². The van der Waals surface area contributed by atoms with E-state index in [0.717, 1.165) is 54.6 Å². The van der Waals surface area contributed by atoms with Crippen LogP contribution in [0.4, 0.5) is 0 Å². The Hall–Kier alpha value is -3.52. The zero-order chi connectivity index (χ0) is 23.5. The average molecular weight is 459 g/mol. The molecule has 0 aliphatic carbocycles. The molecule has 3 heterocycles. The fraction of sp³-hybridized carbons (Fsp3) is 0.385. The van der Waals surface area contributed by atoms with E-state index in [2.05, 4.69) is 44.5 Å². The van der Waals surface area contributed by atoms with Gasteiger partial charge in [-0.05, 0) is 89.6 Å². The van der Waals surface area contributed by atoms with Crippen LogP contribution in [0.5, 0.6) is 5.75 Å². The number of nitrogens with zero attached hydrogens (tertiary/aromatic N) is 5. The van der Waals surface area contributed by atoms with Crippen molar-refractivity contribution in [2.45, 2.75) is 45.2 Å². The molecule has 176 valence electrons. The van der Waals surface area contributed by atoms with Crippen LogP contribution in [0.25, 0.3) is 10.9 Å². The Labute approximate surface area is 198 Å². The molecule has 1 fully saturated rings. The summed E-state index contributed by atoms with van der Waals surface area (Å²) in [6.07, 6.45) is 4.35. The van der Waals surface area contributed by atoms with Gasteiger partial charge in [0, 0.05) is 11.1 Å². The molecule has 8 heteroatoms. The lowest BCUT2D eigenvalue weighted by Crippen LogP contribution is -2.38. The first-order chi connectivity index (χ1) is 16.7. The van der Waals surface area contributed by atoms with E-state index in [4.69, 9.17) is 4.74 Å². The van der Waals surface area contributed by atoms with Crippen molar-refractivity contribution >= 4 is 10.9 Å². The van der Waals surface area contributed by atoms with Gasteiger partial charge in [0.15, 0.2) is 5.82 Å². The third-order valence-electron chi connectivity index (χ3n) is 6.69. The van der Waals surface area contributed by atoms with Crippen LogP contribution in [-0.4, -0.2) is 50.3 Å². The van der Waals surface area contributed by atoms with Gasteiger partial charge in [-0.25, -0.2) is 4.68 Å². The summed E-state index contributed by atoms with van der Waals surface area (Å²) >= 11 is 0. The third kappa shape index (κ3) is 4.46. The predicted molar refractivity (Wildman–Crippen MR) is 131 cm³/mol. The zero-order valence-corrected chi connectivity index (χ0v) is 19.7. The second-order valence-corrected chi connectivity index (χ2v) is 8.87. The number of aromatic nitrogens is 5. The molecule has 1 atom stereocenters. The third-order valence-corrected chi connectivity index (χ3v) is 6.69. The number of nitrogens with one attached hydrogen (secondary N) is 1. The molecule has 34 heavy (non-hydrogen) atoms. The number of aromatic amines is 1. The fourth-order valence-corrected chi connectivity index (χ4v) is 4.80. The normalized spacial score (nSPS) is 15.5. The summed E-state index contributed by atoms with van der Waals surface area (Å²) in [5.41, 5.74) is 3.75. The van der Waals surface area contributed by atoms with E-state index in [1.54, 1.807) is 7.11 Å². The summed E-state index contributed by atoms with van der Waals surface area (Å²) in [4.78, 5) is 18.8. The molecule has 0 unspecified atom stereocenters. The fourth-order valence-electron chi connectivity index (χ4n) is 4.80. The minimum atomic E-state index is -0.313. The van der Waals surface area contributed by atoms with Crippen LogP contribution >= 0.6 is 0 Å². The number of tetrazole rings is 1. The molecule has 1 N–H and O–H groups in total. The second-order valence-electron chi connectivity index (χ2n) is 8.87. The Kier molecular flexibility index (Phi) is 6.40. The first-order valence-electron chi connectivity index (χ1n) is 11.9. The van der Waals surface area contributed by atoms with Crippen molar-refractivity contribution in [3.05, 3.63) is 81.4 Å². The molecule has 2 aromatic heterocycles. The van der Waals surface area contributed by atoms with Gasteiger partial charge >= 0.3 is 0 Å². The molecule has 0 amide bonds. The summed E-state index contributed by atoms with van der Waals surface area (Å²) < 4.78 is 7.09. The topological polar surface area (TPSA) is 88.9 Å². The molecule has 5 rings (SSSR count). The van der Waals surface area contributed by atoms with E-state index >= 15 is 0 Å². The predicted octanol–water partition coefficient (Wildman–Crippen LogP) is 3.71. The van der Waals surface area contributed by atoms with Gasteiger partial charge in [-0.3, -0.25) is 9.69 Å². The Balaban J connectivity index is 1.58. The molecule has 8 nitrogen and oxygen atoms in total. The summed E-state index contributed by atoms with van der Waals surface area (Å²) in [7, 11) is 1.65. The van der Waals surface area contributed by atoms with Crippen molar-refractivity contribution in [1.82, 2.24) is 30.1 Å². The minimum absolute atomic E-state index is 0.0914. The average Bonchev–Trinajstić information content (AvgIpc) is 3.33. The maximum Gasteiger partial charge on any atom is 0.253 e. The standard InChI is InChI=1S/C26H30N6O2/c1-3-18-9-12-23-20(15-18)16-22(26(33)27-23)24(31-13-5-4-6-14-31)25-28-29-30-32(25)17-19-7-10-21(34-2)11-8-19/h7-12,15-16,24H,3-6,13-14,17H2,1-2H3,(H,27,33)/t24-/m0/s1. The number of hydrogen-bond donors (Lipinski definition) is 1. The summed E-state index contributed by atoms with van der Waals surface area (Å²) in [5, 5.41) is 13.8. The molecule has 2 aromatic carbocycles. The van der Waals surface area contributed by atoms with Crippen molar-refractivity contribution in [1.29, 1.82) is 0 Å². The van der Waals surface area contributed by atoms with Crippen LogP contribution < -0.4 is 10.3 Å². The smallest absolute Gasteiger partial charge is 0.253 e. The number of ether oxygens (including phenoxy) is 1. The highest BCUT2D eigenvalue weighted by atomic mass is 16.5. The number of likely N-dealkylation sites (tertiary alicyclic amines) is 1. The highest BCUT2D eigenvalue weighted by Gasteiger charge is 2.31. The zero-order valence-electron chi connectivity index (χ0n) is 19.7. The number of fused-ring (bicyclic) bond motifs is 1. The molecule has 1 aliphatic heterocycles. The van der Waals surface area contributed by atoms with Crippen molar-refractivity contribution in [2.24, 2.45) is 0 Å². The molecular weight excluding hydrogens is 428 g/mol. The van der Waals surface area contributed by atoms with Gasteiger partial charge < -0.3 is 9.72 Å². The maximum absolute atomic E-state index is 13.3. The lowest BCUT2D eigenvalue weighted by Gasteiger charge is -2.33. The van der Waals surface area contributed by atoms with Gasteiger partial charge in [-0.2, -0.15) is 0 Å². The molecule has 0 radical (unpaired) electrons. The number of methoxy groups -OCH3 is 1. The van der Waals surface area contributed by atoms with Gasteiger partial charge in [-0.15, -0.1) is 5.10 Å². The minimum Gasteiger partial charge on any atom is -0.497 e. The van der Waals surface area contributed by atoms with Gasteiger partial charge in [0.25, 0.3) is 5.56 Å². The van der Waals surface area contributed by atoms with Gasteiger partial charge in [-0.1, -0.05) is 31.5 Å². The van der Waals surface area contributed by atoms with Crippen molar-refractivity contribution in [3.63, 3.8) is 0 Å². The molecule has 4 aromatic rings. The first kappa shape index (κ1) is 22.3. The van der Waals surface area contributed by atoms with Gasteiger partial charge in [0.2, 0.25) is 0 Å². The SMILES string of the molecule is CCc1ccc2[nH]c(=O)c([C@@H](c3nnnn3Cc3ccc(OC)cc3)N3CCCCC3)cc2c1. The van der Waals surface area contributed by atoms with Gasteiger partial charge in [0.1, 0.15) is 11.8 Å². The number of aryl methyl sites for hydroxylation is 1. The number of benzene rings is 2. The van der Waals surface area contributed by atoms with Crippen LogP contribution in [-0.2, 0) is 13.0 Å². The Morgan fingerprint density at radius 3 is 2.53 bits per heavy atom. The number of piperidine rings is 1. The Bertz CT molecular complexity index is 1320. The Morgan fingerprint density at radius 2 is 1.79 bits per heavy atom. The molecule has 1 aliphatic rings. The monoisotopic (exact) mass is 458 g/mol.